The molecule has 2 aliphatic heterocycles. The molecule has 0 aromatic heterocycles. The molecule has 0 aromatic carbocycles. The number of nitrogens with zero attached hydrogens (tertiary/aromatic N) is 1. The van der Waals surface area contributed by atoms with Gasteiger partial charge in [0.25, 0.3) is 5.91 Å². The summed E-state index contributed by atoms with van der Waals surface area (Å²) < 4.78 is 11.2. The molecule has 0 aliphatic carbocycles. The van der Waals surface area contributed by atoms with Gasteiger partial charge in [-0.3, -0.25) is 4.79 Å². The number of carbonyl (C=O) groups excluding carboxylic acids is 1. The molecule has 0 unspecified atom stereocenters. The number of nitrogens with two attached hydrogens (primary N) is 1. The lowest BCUT2D eigenvalue weighted by Crippen LogP contribution is -2.45. The second-order valence-corrected chi connectivity index (χ2v) is 5.04. The van der Waals surface area contributed by atoms with Gasteiger partial charge in [-0.15, -0.1) is 0 Å². The molecule has 5 nitrogen and oxygen atoms in total. The van der Waals surface area contributed by atoms with E-state index in [1.165, 1.54) is 0 Å². The molecule has 5 heteroatoms. The molecule has 0 spiro atoms. The second kappa shape index (κ2) is 7.07. The molecule has 0 saturated carbocycles. The predicted octanol–water partition coefficient (Wildman–Crippen LogP) is 0.522. The smallest absolute Gasteiger partial charge is 0.251 e. The van der Waals surface area contributed by atoms with E-state index in [0.717, 1.165) is 58.4 Å². The fourth-order valence-corrected chi connectivity index (χ4v) is 2.55. The van der Waals surface area contributed by atoms with Crippen LogP contribution in [0.5, 0.6) is 0 Å². The molecule has 2 saturated heterocycles. The fourth-order valence-electron chi connectivity index (χ4n) is 2.55. The van der Waals surface area contributed by atoms with Crippen LogP contribution in [0, 0.1) is 0 Å². The van der Waals surface area contributed by atoms with E-state index in [1.54, 1.807) is 0 Å². The number of amides is 1. The summed E-state index contributed by atoms with van der Waals surface area (Å²) in [4.78, 5) is 14.0. The van der Waals surface area contributed by atoms with Crippen LogP contribution in [0.1, 0.15) is 32.1 Å². The van der Waals surface area contributed by atoms with E-state index >= 15 is 0 Å². The van der Waals surface area contributed by atoms with Crippen molar-refractivity contribution < 1.29 is 14.3 Å². The normalized spacial score (nSPS) is 25.6. The van der Waals surface area contributed by atoms with Crippen molar-refractivity contribution in [2.24, 2.45) is 5.73 Å². The van der Waals surface area contributed by atoms with Crippen molar-refractivity contribution >= 4 is 5.91 Å². The van der Waals surface area contributed by atoms with Gasteiger partial charge in [-0.2, -0.15) is 0 Å². The van der Waals surface area contributed by atoms with Gasteiger partial charge in [-0.1, -0.05) is 0 Å². The van der Waals surface area contributed by atoms with E-state index < -0.39 is 0 Å². The Kier molecular flexibility index (Phi) is 5.41. The molecule has 2 rings (SSSR count). The topological polar surface area (TPSA) is 64.8 Å². The highest BCUT2D eigenvalue weighted by Crippen LogP contribution is 2.19. The van der Waals surface area contributed by atoms with Crippen molar-refractivity contribution in [3.63, 3.8) is 0 Å². The highest BCUT2D eigenvalue weighted by Gasteiger charge is 2.30. The van der Waals surface area contributed by atoms with E-state index in [4.69, 9.17) is 15.2 Å². The summed E-state index contributed by atoms with van der Waals surface area (Å²) in [5, 5.41) is 0. The number of piperidine rings is 1. The first-order valence-corrected chi connectivity index (χ1v) is 7.03. The molecule has 2 heterocycles. The Morgan fingerprint density at radius 1 is 1.33 bits per heavy atom. The summed E-state index contributed by atoms with van der Waals surface area (Å²) in [7, 11) is 0. The van der Waals surface area contributed by atoms with Crippen LogP contribution < -0.4 is 5.73 Å². The quantitative estimate of drug-likeness (QED) is 0.728. The number of hydrogen-bond acceptors (Lipinski definition) is 4. The zero-order valence-corrected chi connectivity index (χ0v) is 11.0. The van der Waals surface area contributed by atoms with Crippen LogP contribution in [0.4, 0.5) is 0 Å². The van der Waals surface area contributed by atoms with Gasteiger partial charge in [0.15, 0.2) is 0 Å². The molecule has 0 aromatic rings. The van der Waals surface area contributed by atoms with Crippen LogP contribution in [0.25, 0.3) is 0 Å². The third-order valence-electron chi connectivity index (χ3n) is 3.66. The van der Waals surface area contributed by atoms with Gasteiger partial charge in [-0.25, -0.2) is 0 Å². The molecule has 2 aliphatic rings. The van der Waals surface area contributed by atoms with E-state index in [1.807, 2.05) is 4.90 Å². The summed E-state index contributed by atoms with van der Waals surface area (Å²) in [6.07, 6.45) is 4.78. The molecule has 1 atom stereocenters. The van der Waals surface area contributed by atoms with E-state index in [2.05, 4.69) is 0 Å². The minimum absolute atomic E-state index is 0.174. The van der Waals surface area contributed by atoms with Gasteiger partial charge < -0.3 is 20.1 Å². The second-order valence-electron chi connectivity index (χ2n) is 5.04. The number of ether oxygens (including phenoxy) is 2. The third kappa shape index (κ3) is 3.67. The molecule has 0 radical (unpaired) electrons. The zero-order valence-electron chi connectivity index (χ0n) is 11.0. The Balaban J connectivity index is 1.67. The molecule has 0 bridgehead atoms. The van der Waals surface area contributed by atoms with Gasteiger partial charge in [0.2, 0.25) is 0 Å². The maximum atomic E-state index is 12.1. The van der Waals surface area contributed by atoms with Crippen LogP contribution in [-0.4, -0.2) is 55.9 Å². The molecule has 104 valence electrons. The number of carbonyl (C=O) groups is 1. The molecule has 18 heavy (non-hydrogen) atoms. The molecule has 1 amide bonds. The summed E-state index contributed by atoms with van der Waals surface area (Å²) in [6, 6.07) is 0. The SMILES string of the molecule is NCCCOC1CCN(C(=O)[C@@H]2CCCO2)CC1. The van der Waals surface area contributed by atoms with E-state index in [9.17, 15) is 4.79 Å². The number of hydrogen-bond donors (Lipinski definition) is 1. The van der Waals surface area contributed by atoms with Crippen molar-refractivity contribution in [1.29, 1.82) is 0 Å². The minimum Gasteiger partial charge on any atom is -0.378 e. The van der Waals surface area contributed by atoms with Crippen LogP contribution >= 0.6 is 0 Å². The predicted molar refractivity (Wildman–Crippen MR) is 68.2 cm³/mol. The molecule has 2 fully saturated rings. The fraction of sp³-hybridized carbons (Fsp3) is 0.923. The first kappa shape index (κ1) is 13.8. The van der Waals surface area contributed by atoms with Crippen molar-refractivity contribution in [2.45, 2.75) is 44.3 Å². The summed E-state index contributed by atoms with van der Waals surface area (Å²) in [6.45, 7) is 3.74. The summed E-state index contributed by atoms with van der Waals surface area (Å²) >= 11 is 0. The van der Waals surface area contributed by atoms with Crippen LogP contribution in [0.3, 0.4) is 0 Å². The van der Waals surface area contributed by atoms with Crippen molar-refractivity contribution in [2.75, 3.05) is 32.8 Å². The highest BCUT2D eigenvalue weighted by atomic mass is 16.5. The summed E-state index contributed by atoms with van der Waals surface area (Å²) in [5.41, 5.74) is 5.43. The van der Waals surface area contributed by atoms with Gasteiger partial charge >= 0.3 is 0 Å². The number of rotatable bonds is 5. The van der Waals surface area contributed by atoms with Crippen LogP contribution in [0.2, 0.25) is 0 Å². The third-order valence-corrected chi connectivity index (χ3v) is 3.66. The lowest BCUT2D eigenvalue weighted by Gasteiger charge is -2.33. The van der Waals surface area contributed by atoms with Gasteiger partial charge in [0.1, 0.15) is 6.10 Å². The first-order valence-electron chi connectivity index (χ1n) is 7.03. The Bertz CT molecular complexity index is 259. The van der Waals surface area contributed by atoms with Gasteiger partial charge in [0.05, 0.1) is 6.10 Å². The standard InChI is InChI=1S/C13H24N2O3/c14-6-2-10-17-11-4-7-15(8-5-11)13(16)12-3-1-9-18-12/h11-12H,1-10,14H2/t12-/m0/s1. The van der Waals surface area contributed by atoms with Gasteiger partial charge in [0, 0.05) is 26.3 Å². The summed E-state index contributed by atoms with van der Waals surface area (Å²) in [5.74, 6) is 0.174. The average molecular weight is 256 g/mol. The Morgan fingerprint density at radius 2 is 2.11 bits per heavy atom. The largest absolute Gasteiger partial charge is 0.378 e. The van der Waals surface area contributed by atoms with E-state index in [-0.39, 0.29) is 12.0 Å². The average Bonchev–Trinajstić information content (AvgIpc) is 2.93. The Labute approximate surface area is 109 Å². The zero-order chi connectivity index (χ0) is 12.8. The maximum absolute atomic E-state index is 12.1. The maximum Gasteiger partial charge on any atom is 0.251 e. The number of likely N-dealkylation sites (tertiary alicyclic amines) is 1. The highest BCUT2D eigenvalue weighted by molar-refractivity contribution is 5.81. The van der Waals surface area contributed by atoms with E-state index in [0.29, 0.717) is 12.6 Å². The lowest BCUT2D eigenvalue weighted by atomic mass is 10.1. The van der Waals surface area contributed by atoms with Crippen molar-refractivity contribution in [1.82, 2.24) is 4.90 Å². The first-order chi connectivity index (χ1) is 8.81. The monoisotopic (exact) mass is 256 g/mol. The van der Waals surface area contributed by atoms with Crippen LogP contribution in [0.15, 0.2) is 0 Å². The van der Waals surface area contributed by atoms with Gasteiger partial charge in [-0.05, 0) is 38.6 Å². The molecule has 2 N–H and O–H groups in total. The van der Waals surface area contributed by atoms with Crippen molar-refractivity contribution in [3.8, 4) is 0 Å². The van der Waals surface area contributed by atoms with Crippen molar-refractivity contribution in [3.05, 3.63) is 0 Å². The van der Waals surface area contributed by atoms with Crippen LogP contribution in [-0.2, 0) is 14.3 Å². The Hall–Kier alpha value is -0.650. The minimum atomic E-state index is -0.181. The Morgan fingerprint density at radius 3 is 2.72 bits per heavy atom. The molecular weight excluding hydrogens is 232 g/mol. The molecular formula is C13H24N2O3. The lowest BCUT2D eigenvalue weighted by molar-refractivity contribution is -0.143.